The molecule has 0 spiro atoms. The molecule has 0 saturated carbocycles. The third-order valence-corrected chi connectivity index (χ3v) is 4.02. The standard InChI is InChI=1S/C20H17FN2O4/c1-14-5-10-19(27-14)13-22(12-15-6-8-17(21)9-7-15)20(24)16-3-2-4-18(11-16)23(25)26/h2-11H,12-13H2,1H3. The molecular formula is C20H17FN2O4. The highest BCUT2D eigenvalue weighted by molar-refractivity contribution is 5.94. The number of amides is 1. The predicted molar refractivity (Wildman–Crippen MR) is 96.5 cm³/mol. The van der Waals surface area contributed by atoms with E-state index in [1.165, 1.54) is 41.3 Å². The Morgan fingerprint density at radius 3 is 2.48 bits per heavy atom. The van der Waals surface area contributed by atoms with Gasteiger partial charge in [-0.1, -0.05) is 18.2 Å². The number of nitro groups is 1. The molecule has 1 heterocycles. The number of carbonyl (C=O) groups excluding carboxylic acids is 1. The molecule has 3 rings (SSSR count). The van der Waals surface area contributed by atoms with Gasteiger partial charge < -0.3 is 9.32 Å². The van der Waals surface area contributed by atoms with Crippen molar-refractivity contribution >= 4 is 11.6 Å². The lowest BCUT2D eigenvalue weighted by Gasteiger charge is -2.22. The number of aryl methyl sites for hydroxylation is 1. The molecule has 3 aromatic rings. The van der Waals surface area contributed by atoms with Crippen LogP contribution < -0.4 is 0 Å². The van der Waals surface area contributed by atoms with Crippen LogP contribution in [0.1, 0.15) is 27.4 Å². The number of benzene rings is 2. The second-order valence-electron chi connectivity index (χ2n) is 6.11. The van der Waals surface area contributed by atoms with Crippen molar-refractivity contribution in [1.82, 2.24) is 4.90 Å². The van der Waals surface area contributed by atoms with Crippen LogP contribution in [-0.4, -0.2) is 15.7 Å². The smallest absolute Gasteiger partial charge is 0.270 e. The van der Waals surface area contributed by atoms with Gasteiger partial charge in [0, 0.05) is 24.2 Å². The van der Waals surface area contributed by atoms with Crippen LogP contribution in [0, 0.1) is 22.9 Å². The van der Waals surface area contributed by atoms with E-state index in [2.05, 4.69) is 0 Å². The topological polar surface area (TPSA) is 76.6 Å². The summed E-state index contributed by atoms with van der Waals surface area (Å²) in [6.45, 7) is 2.20. The largest absolute Gasteiger partial charge is 0.464 e. The number of hydrogen-bond donors (Lipinski definition) is 0. The van der Waals surface area contributed by atoms with E-state index in [9.17, 15) is 19.3 Å². The third-order valence-electron chi connectivity index (χ3n) is 4.02. The maximum atomic E-state index is 13.2. The van der Waals surface area contributed by atoms with Crippen LogP contribution >= 0.6 is 0 Å². The van der Waals surface area contributed by atoms with Gasteiger partial charge in [0.05, 0.1) is 11.5 Å². The molecule has 0 aliphatic carbocycles. The van der Waals surface area contributed by atoms with Crippen molar-refractivity contribution in [2.24, 2.45) is 0 Å². The van der Waals surface area contributed by atoms with E-state index in [4.69, 9.17) is 4.42 Å². The van der Waals surface area contributed by atoms with Gasteiger partial charge in [-0.25, -0.2) is 4.39 Å². The Hall–Kier alpha value is -3.48. The summed E-state index contributed by atoms with van der Waals surface area (Å²) < 4.78 is 18.7. The number of halogens is 1. The summed E-state index contributed by atoms with van der Waals surface area (Å²) in [5, 5.41) is 11.0. The van der Waals surface area contributed by atoms with Crippen LogP contribution in [0.2, 0.25) is 0 Å². The summed E-state index contributed by atoms with van der Waals surface area (Å²) in [5.74, 6) is 0.567. The van der Waals surface area contributed by atoms with Gasteiger partial charge in [-0.15, -0.1) is 0 Å². The molecule has 0 N–H and O–H groups in total. The van der Waals surface area contributed by atoms with E-state index in [0.29, 0.717) is 5.76 Å². The second kappa shape index (κ2) is 7.82. The van der Waals surface area contributed by atoms with Crippen LogP contribution in [0.5, 0.6) is 0 Å². The van der Waals surface area contributed by atoms with E-state index in [-0.39, 0.29) is 36.1 Å². The number of rotatable bonds is 6. The van der Waals surface area contributed by atoms with Gasteiger partial charge in [-0.05, 0) is 42.8 Å². The molecule has 0 aliphatic rings. The van der Waals surface area contributed by atoms with Crippen molar-refractivity contribution in [3.63, 3.8) is 0 Å². The van der Waals surface area contributed by atoms with E-state index in [1.54, 1.807) is 31.2 Å². The molecule has 6 nitrogen and oxygen atoms in total. The van der Waals surface area contributed by atoms with Gasteiger partial charge in [0.25, 0.3) is 11.6 Å². The summed E-state index contributed by atoms with van der Waals surface area (Å²) in [6.07, 6.45) is 0. The molecule has 1 aromatic heterocycles. The highest BCUT2D eigenvalue weighted by Gasteiger charge is 2.20. The molecule has 0 aliphatic heterocycles. The SMILES string of the molecule is Cc1ccc(CN(Cc2ccc(F)cc2)C(=O)c2cccc([N+](=O)[O-])c2)o1. The normalized spacial score (nSPS) is 10.6. The van der Waals surface area contributed by atoms with Crippen molar-refractivity contribution in [1.29, 1.82) is 0 Å². The summed E-state index contributed by atoms with van der Waals surface area (Å²) in [5.41, 5.74) is 0.782. The van der Waals surface area contributed by atoms with Crippen LogP contribution in [0.15, 0.2) is 65.1 Å². The van der Waals surface area contributed by atoms with Gasteiger partial charge in [0.2, 0.25) is 0 Å². The van der Waals surface area contributed by atoms with Gasteiger partial charge in [0.15, 0.2) is 0 Å². The molecule has 27 heavy (non-hydrogen) atoms. The Balaban J connectivity index is 1.89. The molecule has 0 radical (unpaired) electrons. The molecule has 0 saturated heterocycles. The van der Waals surface area contributed by atoms with Crippen LogP contribution in [0.25, 0.3) is 0 Å². The van der Waals surface area contributed by atoms with Crippen molar-refractivity contribution in [2.75, 3.05) is 0 Å². The minimum atomic E-state index is -0.545. The van der Waals surface area contributed by atoms with Crippen LogP contribution in [0.4, 0.5) is 10.1 Å². The van der Waals surface area contributed by atoms with E-state index in [1.807, 2.05) is 0 Å². The zero-order valence-corrected chi connectivity index (χ0v) is 14.6. The molecule has 0 atom stereocenters. The number of furan rings is 1. The highest BCUT2D eigenvalue weighted by Crippen LogP contribution is 2.19. The Kier molecular flexibility index (Phi) is 5.30. The van der Waals surface area contributed by atoms with Gasteiger partial charge in [-0.3, -0.25) is 14.9 Å². The first-order valence-electron chi connectivity index (χ1n) is 8.26. The third kappa shape index (κ3) is 4.58. The fraction of sp³-hybridized carbons (Fsp3) is 0.150. The molecule has 0 fully saturated rings. The van der Waals surface area contributed by atoms with E-state index in [0.717, 1.165) is 11.3 Å². The Morgan fingerprint density at radius 2 is 1.85 bits per heavy atom. The Labute approximate surface area is 155 Å². The summed E-state index contributed by atoms with van der Waals surface area (Å²) in [4.78, 5) is 24.9. The zero-order valence-electron chi connectivity index (χ0n) is 14.6. The maximum Gasteiger partial charge on any atom is 0.270 e. The van der Waals surface area contributed by atoms with E-state index < -0.39 is 4.92 Å². The lowest BCUT2D eigenvalue weighted by atomic mass is 10.1. The highest BCUT2D eigenvalue weighted by atomic mass is 19.1. The molecular weight excluding hydrogens is 351 g/mol. The van der Waals surface area contributed by atoms with Crippen molar-refractivity contribution < 1.29 is 18.5 Å². The average molecular weight is 368 g/mol. The average Bonchev–Trinajstić information content (AvgIpc) is 3.07. The first-order valence-corrected chi connectivity index (χ1v) is 8.26. The summed E-state index contributed by atoms with van der Waals surface area (Å²) in [6, 6.07) is 15.0. The van der Waals surface area contributed by atoms with Crippen molar-refractivity contribution in [3.05, 3.63) is 99.2 Å². The zero-order chi connectivity index (χ0) is 19.4. The fourth-order valence-corrected chi connectivity index (χ4v) is 2.70. The van der Waals surface area contributed by atoms with Gasteiger partial charge in [0.1, 0.15) is 17.3 Å². The van der Waals surface area contributed by atoms with Crippen LogP contribution in [0.3, 0.4) is 0 Å². The minimum absolute atomic E-state index is 0.156. The number of carbonyl (C=O) groups is 1. The number of nitrogens with zero attached hydrogens (tertiary/aromatic N) is 2. The van der Waals surface area contributed by atoms with Gasteiger partial charge >= 0.3 is 0 Å². The van der Waals surface area contributed by atoms with Crippen molar-refractivity contribution in [3.8, 4) is 0 Å². The monoisotopic (exact) mass is 368 g/mol. The molecule has 1 amide bonds. The van der Waals surface area contributed by atoms with Crippen LogP contribution in [-0.2, 0) is 13.1 Å². The van der Waals surface area contributed by atoms with Gasteiger partial charge in [-0.2, -0.15) is 0 Å². The predicted octanol–water partition coefficient (Wildman–Crippen LogP) is 4.48. The molecule has 2 aromatic carbocycles. The minimum Gasteiger partial charge on any atom is -0.464 e. The lowest BCUT2D eigenvalue weighted by molar-refractivity contribution is -0.384. The summed E-state index contributed by atoms with van der Waals surface area (Å²) in [7, 11) is 0. The van der Waals surface area contributed by atoms with Crippen molar-refractivity contribution in [2.45, 2.75) is 20.0 Å². The maximum absolute atomic E-state index is 13.2. The molecule has 7 heteroatoms. The molecule has 138 valence electrons. The Morgan fingerprint density at radius 1 is 1.11 bits per heavy atom. The second-order valence-corrected chi connectivity index (χ2v) is 6.11. The Bertz CT molecular complexity index is 966. The molecule has 0 unspecified atom stereocenters. The lowest BCUT2D eigenvalue weighted by Crippen LogP contribution is -2.30. The first-order chi connectivity index (χ1) is 12.9. The number of hydrogen-bond acceptors (Lipinski definition) is 4. The fourth-order valence-electron chi connectivity index (χ4n) is 2.70. The number of nitro benzene ring substituents is 1. The quantitative estimate of drug-likeness (QED) is 0.475. The summed E-state index contributed by atoms with van der Waals surface area (Å²) >= 11 is 0. The first kappa shape index (κ1) is 18.3. The molecule has 0 bridgehead atoms. The number of non-ortho nitro benzene ring substituents is 1. The van der Waals surface area contributed by atoms with E-state index >= 15 is 0 Å².